The fourth-order valence-corrected chi connectivity index (χ4v) is 2.35. The van der Waals surface area contributed by atoms with Gasteiger partial charge in [0.25, 0.3) is 0 Å². The van der Waals surface area contributed by atoms with Crippen LogP contribution in [0.4, 0.5) is 10.5 Å². The summed E-state index contributed by atoms with van der Waals surface area (Å²) in [5, 5.41) is 13.5. The molecule has 118 valence electrons. The van der Waals surface area contributed by atoms with Crippen LogP contribution in [0.25, 0.3) is 10.9 Å². The zero-order valence-electron chi connectivity index (χ0n) is 13.5. The van der Waals surface area contributed by atoms with Crippen LogP contribution in [0.3, 0.4) is 0 Å². The van der Waals surface area contributed by atoms with Crippen LogP contribution in [0, 0.1) is 6.92 Å². The fourth-order valence-electron chi connectivity index (χ4n) is 2.35. The molecule has 2 aromatic rings. The molecule has 5 heteroatoms. The normalized spacial score (nSPS) is 12.5. The van der Waals surface area contributed by atoms with E-state index in [4.69, 9.17) is 0 Å². The molecule has 0 aliphatic carbocycles. The maximum Gasteiger partial charge on any atom is 0.322 e. The van der Waals surface area contributed by atoms with E-state index in [2.05, 4.69) is 10.3 Å². The van der Waals surface area contributed by atoms with Gasteiger partial charge < -0.3 is 15.3 Å². The quantitative estimate of drug-likeness (QED) is 0.911. The van der Waals surface area contributed by atoms with Gasteiger partial charge in [0.2, 0.25) is 0 Å². The van der Waals surface area contributed by atoms with Crippen LogP contribution in [0.5, 0.6) is 0 Å². The van der Waals surface area contributed by atoms with E-state index in [0.717, 1.165) is 16.6 Å². The predicted molar refractivity (Wildman–Crippen MR) is 89.0 cm³/mol. The molecular weight excluding hydrogens is 278 g/mol. The van der Waals surface area contributed by atoms with E-state index in [1.54, 1.807) is 11.8 Å². The van der Waals surface area contributed by atoms with Crippen LogP contribution in [0.15, 0.2) is 30.3 Å². The molecule has 0 aliphatic heterocycles. The molecule has 1 aromatic heterocycles. The molecule has 1 atom stereocenters. The van der Waals surface area contributed by atoms with Gasteiger partial charge >= 0.3 is 6.03 Å². The van der Waals surface area contributed by atoms with E-state index in [1.807, 2.05) is 51.1 Å². The molecule has 2 rings (SSSR count). The lowest BCUT2D eigenvalue weighted by Gasteiger charge is -2.28. The largest absolute Gasteiger partial charge is 0.392 e. The van der Waals surface area contributed by atoms with Crippen LogP contribution < -0.4 is 5.32 Å². The number of amides is 2. The highest BCUT2D eigenvalue weighted by molar-refractivity contribution is 5.99. The van der Waals surface area contributed by atoms with E-state index in [9.17, 15) is 9.90 Å². The second-order valence-electron chi connectivity index (χ2n) is 5.86. The Morgan fingerprint density at radius 3 is 2.64 bits per heavy atom. The molecule has 1 aromatic carbocycles. The van der Waals surface area contributed by atoms with Crippen molar-refractivity contribution in [1.82, 2.24) is 9.88 Å². The third-order valence-corrected chi connectivity index (χ3v) is 3.45. The number of aliphatic hydroxyl groups is 1. The van der Waals surface area contributed by atoms with E-state index in [1.165, 1.54) is 0 Å². The number of fused-ring (bicyclic) bond motifs is 1. The summed E-state index contributed by atoms with van der Waals surface area (Å²) in [6, 6.07) is 9.40. The van der Waals surface area contributed by atoms with E-state index in [-0.39, 0.29) is 12.1 Å². The Hall–Kier alpha value is -2.14. The smallest absolute Gasteiger partial charge is 0.322 e. The zero-order valence-corrected chi connectivity index (χ0v) is 13.5. The first-order valence-electron chi connectivity index (χ1n) is 7.50. The van der Waals surface area contributed by atoms with Gasteiger partial charge in [-0.15, -0.1) is 0 Å². The molecule has 0 saturated carbocycles. The number of aryl methyl sites for hydroxylation is 1. The van der Waals surface area contributed by atoms with Gasteiger partial charge in [-0.05, 0) is 39.8 Å². The number of nitrogens with zero attached hydrogens (tertiary/aromatic N) is 2. The number of hydrogen-bond acceptors (Lipinski definition) is 3. The summed E-state index contributed by atoms with van der Waals surface area (Å²) in [6.07, 6.45) is -0.568. The number of pyridine rings is 1. The van der Waals surface area contributed by atoms with Gasteiger partial charge in [-0.3, -0.25) is 4.98 Å². The van der Waals surface area contributed by atoms with Crippen molar-refractivity contribution in [2.75, 3.05) is 11.9 Å². The topological polar surface area (TPSA) is 65.5 Å². The summed E-state index contributed by atoms with van der Waals surface area (Å²) in [6.45, 7) is 7.74. The van der Waals surface area contributed by atoms with Crippen molar-refractivity contribution in [2.45, 2.75) is 39.8 Å². The lowest BCUT2D eigenvalue weighted by Crippen LogP contribution is -2.43. The van der Waals surface area contributed by atoms with Gasteiger partial charge in [0.1, 0.15) is 0 Å². The van der Waals surface area contributed by atoms with Crippen molar-refractivity contribution in [3.63, 3.8) is 0 Å². The molecule has 2 N–H and O–H groups in total. The summed E-state index contributed by atoms with van der Waals surface area (Å²) in [5.74, 6) is 0. The summed E-state index contributed by atoms with van der Waals surface area (Å²) < 4.78 is 0. The van der Waals surface area contributed by atoms with Crippen molar-refractivity contribution in [1.29, 1.82) is 0 Å². The Morgan fingerprint density at radius 1 is 1.27 bits per heavy atom. The van der Waals surface area contributed by atoms with Gasteiger partial charge in [-0.1, -0.05) is 18.2 Å². The van der Waals surface area contributed by atoms with Crippen LogP contribution >= 0.6 is 0 Å². The maximum absolute atomic E-state index is 12.5. The highest BCUT2D eigenvalue weighted by Crippen LogP contribution is 2.22. The third-order valence-electron chi connectivity index (χ3n) is 3.45. The van der Waals surface area contributed by atoms with E-state index in [0.29, 0.717) is 12.2 Å². The number of hydrogen-bond donors (Lipinski definition) is 2. The molecule has 0 spiro atoms. The molecule has 1 unspecified atom stereocenters. The molecule has 5 nitrogen and oxygen atoms in total. The summed E-state index contributed by atoms with van der Waals surface area (Å²) in [4.78, 5) is 18.6. The number of carbonyl (C=O) groups excluding carboxylic acids is 1. The number of nitrogens with one attached hydrogen (secondary N) is 1. The molecule has 0 bridgehead atoms. The zero-order chi connectivity index (χ0) is 16.3. The fraction of sp³-hybridized carbons (Fsp3) is 0.412. The molecule has 1 heterocycles. The van der Waals surface area contributed by atoms with Gasteiger partial charge in [-0.2, -0.15) is 0 Å². The molecular formula is C17H23N3O2. The monoisotopic (exact) mass is 301 g/mol. The van der Waals surface area contributed by atoms with Crippen molar-refractivity contribution < 1.29 is 9.90 Å². The Bertz CT molecular complexity index is 668. The molecule has 22 heavy (non-hydrogen) atoms. The maximum atomic E-state index is 12.5. The Morgan fingerprint density at radius 2 is 2.00 bits per heavy atom. The second kappa shape index (κ2) is 6.75. The summed E-state index contributed by atoms with van der Waals surface area (Å²) in [7, 11) is 0. The van der Waals surface area contributed by atoms with Crippen molar-refractivity contribution in [3.05, 3.63) is 36.0 Å². The summed E-state index contributed by atoms with van der Waals surface area (Å²) in [5.41, 5.74) is 2.36. The van der Waals surface area contributed by atoms with E-state index < -0.39 is 6.10 Å². The third kappa shape index (κ3) is 3.74. The SMILES string of the molecule is Cc1ccc2cccc(NC(=O)N(CC(C)O)C(C)C)c2n1. The second-order valence-corrected chi connectivity index (χ2v) is 5.86. The minimum atomic E-state index is -0.568. The van der Waals surface area contributed by atoms with Crippen molar-refractivity contribution >= 4 is 22.6 Å². The van der Waals surface area contributed by atoms with Crippen LogP contribution in [0.2, 0.25) is 0 Å². The van der Waals surface area contributed by atoms with Gasteiger partial charge in [0.05, 0.1) is 17.3 Å². The predicted octanol–water partition coefficient (Wildman–Crippen LogP) is 3.17. The highest BCUT2D eigenvalue weighted by Gasteiger charge is 2.19. The van der Waals surface area contributed by atoms with Crippen LogP contribution in [-0.4, -0.2) is 39.7 Å². The first-order valence-corrected chi connectivity index (χ1v) is 7.50. The van der Waals surface area contributed by atoms with Gasteiger partial charge in [0.15, 0.2) is 0 Å². The molecule has 0 aliphatic rings. The first-order chi connectivity index (χ1) is 10.4. The minimum Gasteiger partial charge on any atom is -0.392 e. The van der Waals surface area contributed by atoms with Crippen LogP contribution in [-0.2, 0) is 0 Å². The molecule has 2 amide bonds. The van der Waals surface area contributed by atoms with Crippen molar-refractivity contribution in [3.8, 4) is 0 Å². The number of urea groups is 1. The lowest BCUT2D eigenvalue weighted by atomic mass is 10.1. The number of aliphatic hydroxyl groups excluding tert-OH is 1. The highest BCUT2D eigenvalue weighted by atomic mass is 16.3. The summed E-state index contributed by atoms with van der Waals surface area (Å²) >= 11 is 0. The van der Waals surface area contributed by atoms with Crippen LogP contribution in [0.1, 0.15) is 26.5 Å². The average molecular weight is 301 g/mol. The standard InChI is InChI=1S/C17H23N3O2/c1-11(2)20(10-13(4)21)17(22)19-15-7-5-6-14-9-8-12(3)18-16(14)15/h5-9,11,13,21H,10H2,1-4H3,(H,19,22). The van der Waals surface area contributed by atoms with Gasteiger partial charge in [-0.25, -0.2) is 4.79 Å². The average Bonchev–Trinajstić information content (AvgIpc) is 2.44. The van der Waals surface area contributed by atoms with Crippen molar-refractivity contribution in [2.24, 2.45) is 0 Å². The van der Waals surface area contributed by atoms with Gasteiger partial charge in [0, 0.05) is 23.7 Å². The number of anilines is 1. The number of rotatable bonds is 4. The number of carbonyl (C=O) groups is 1. The Kier molecular flexibility index (Phi) is 4.98. The number of aromatic nitrogens is 1. The minimum absolute atomic E-state index is 0.000674. The Labute approximate surface area is 131 Å². The number of benzene rings is 1. The number of para-hydroxylation sites is 1. The lowest BCUT2D eigenvalue weighted by molar-refractivity contribution is 0.125. The van der Waals surface area contributed by atoms with E-state index >= 15 is 0 Å². The Balaban J connectivity index is 2.29. The first kappa shape index (κ1) is 16.2. The molecule has 0 radical (unpaired) electrons. The molecule has 0 saturated heterocycles. The molecule has 0 fully saturated rings.